The molecule has 0 unspecified atom stereocenters. The Kier molecular flexibility index (Phi) is 4.77. The Morgan fingerprint density at radius 2 is 1.95 bits per heavy atom. The van der Waals surface area contributed by atoms with Gasteiger partial charge in [-0.1, -0.05) is 0 Å². The highest BCUT2D eigenvalue weighted by atomic mass is 19.1. The van der Waals surface area contributed by atoms with E-state index in [9.17, 15) is 9.50 Å². The maximum Gasteiger partial charge on any atom is 0.127 e. The summed E-state index contributed by atoms with van der Waals surface area (Å²) >= 11 is 0. The number of halogens is 1. The van der Waals surface area contributed by atoms with Gasteiger partial charge in [0.25, 0.3) is 0 Å². The number of nitrogens with zero attached hydrogens (tertiary/aromatic N) is 2. The van der Waals surface area contributed by atoms with Crippen molar-refractivity contribution in [2.24, 2.45) is 5.92 Å². The Morgan fingerprint density at radius 3 is 2.53 bits per heavy atom. The van der Waals surface area contributed by atoms with Gasteiger partial charge in [0, 0.05) is 19.2 Å². The lowest BCUT2D eigenvalue weighted by Crippen LogP contribution is -2.36. The molecule has 1 aromatic carbocycles. The summed E-state index contributed by atoms with van der Waals surface area (Å²) in [5.41, 5.74) is 0.851. The molecule has 1 aromatic rings. The highest BCUT2D eigenvalue weighted by Gasteiger charge is 2.19. The van der Waals surface area contributed by atoms with E-state index >= 15 is 0 Å². The predicted molar refractivity (Wildman–Crippen MR) is 74.6 cm³/mol. The van der Waals surface area contributed by atoms with Crippen LogP contribution in [0.3, 0.4) is 0 Å². The fourth-order valence-electron chi connectivity index (χ4n) is 2.83. The first-order valence-electron chi connectivity index (χ1n) is 6.88. The fraction of sp³-hybridized carbons (Fsp3) is 0.600. The van der Waals surface area contributed by atoms with Gasteiger partial charge in [0.15, 0.2) is 0 Å². The number of hydrogen-bond acceptors (Lipinski definition) is 3. The number of phenols is 1. The van der Waals surface area contributed by atoms with Crippen molar-refractivity contribution in [3.8, 4) is 5.75 Å². The van der Waals surface area contributed by atoms with Gasteiger partial charge in [-0.25, -0.2) is 4.39 Å². The Bertz CT molecular complexity index is 394. The zero-order valence-electron chi connectivity index (χ0n) is 11.8. The van der Waals surface area contributed by atoms with Crippen LogP contribution in [-0.4, -0.2) is 48.6 Å². The number of rotatable bonds is 4. The predicted octanol–water partition coefficient (Wildman–Crippen LogP) is 2.30. The minimum absolute atomic E-state index is 0.0116. The molecule has 3 nitrogen and oxygen atoms in total. The standard InChI is InChI=1S/C15H23FN2O/c1-17(2)10-12-3-5-18(6-4-12)11-13-7-14(16)9-15(19)8-13/h7-9,12,19H,3-6,10-11H2,1-2H3. The van der Waals surface area contributed by atoms with E-state index in [1.807, 2.05) is 0 Å². The van der Waals surface area contributed by atoms with E-state index in [-0.39, 0.29) is 11.6 Å². The molecule has 0 aromatic heterocycles. The summed E-state index contributed by atoms with van der Waals surface area (Å²) < 4.78 is 13.2. The van der Waals surface area contributed by atoms with E-state index in [0.717, 1.165) is 43.7 Å². The average Bonchev–Trinajstić information content (AvgIpc) is 2.29. The zero-order valence-corrected chi connectivity index (χ0v) is 11.8. The third kappa shape index (κ3) is 4.48. The molecule has 0 spiro atoms. The van der Waals surface area contributed by atoms with Crippen LogP contribution in [-0.2, 0) is 6.54 Å². The van der Waals surface area contributed by atoms with Crippen molar-refractivity contribution in [2.45, 2.75) is 19.4 Å². The monoisotopic (exact) mass is 266 g/mol. The van der Waals surface area contributed by atoms with Crippen LogP contribution in [0.1, 0.15) is 18.4 Å². The molecule has 106 valence electrons. The summed E-state index contributed by atoms with van der Waals surface area (Å²) in [6.45, 7) is 3.97. The van der Waals surface area contributed by atoms with Crippen LogP contribution in [0, 0.1) is 11.7 Å². The molecule has 1 N–H and O–H groups in total. The molecular formula is C15H23FN2O. The SMILES string of the molecule is CN(C)CC1CCN(Cc2cc(O)cc(F)c2)CC1. The molecule has 0 bridgehead atoms. The summed E-state index contributed by atoms with van der Waals surface area (Å²) in [6, 6.07) is 4.30. The maximum atomic E-state index is 13.2. The lowest BCUT2D eigenvalue weighted by atomic mass is 9.96. The normalized spacial score (nSPS) is 18.1. The lowest BCUT2D eigenvalue weighted by Gasteiger charge is -2.33. The molecule has 0 saturated carbocycles. The molecule has 1 aliphatic heterocycles. The third-order valence-corrected chi connectivity index (χ3v) is 3.68. The van der Waals surface area contributed by atoms with Gasteiger partial charge in [-0.2, -0.15) is 0 Å². The summed E-state index contributed by atoms with van der Waals surface area (Å²) in [7, 11) is 4.23. The van der Waals surface area contributed by atoms with Crippen molar-refractivity contribution < 1.29 is 9.50 Å². The summed E-state index contributed by atoms with van der Waals surface area (Å²) in [4.78, 5) is 4.57. The lowest BCUT2D eigenvalue weighted by molar-refractivity contribution is 0.156. The van der Waals surface area contributed by atoms with Crippen LogP contribution in [0.25, 0.3) is 0 Å². The Morgan fingerprint density at radius 1 is 1.26 bits per heavy atom. The van der Waals surface area contributed by atoms with Crippen molar-refractivity contribution in [3.63, 3.8) is 0 Å². The smallest absolute Gasteiger partial charge is 0.127 e. The number of aromatic hydroxyl groups is 1. The second-order valence-corrected chi connectivity index (χ2v) is 5.80. The van der Waals surface area contributed by atoms with E-state index in [2.05, 4.69) is 23.9 Å². The number of phenolic OH excluding ortho intramolecular Hbond substituents is 1. The first-order chi connectivity index (χ1) is 9.02. The summed E-state index contributed by atoms with van der Waals surface area (Å²) in [5, 5.41) is 9.40. The Balaban J connectivity index is 1.85. The molecule has 0 radical (unpaired) electrons. The van der Waals surface area contributed by atoms with Crippen LogP contribution in [0.15, 0.2) is 18.2 Å². The van der Waals surface area contributed by atoms with Crippen LogP contribution >= 0.6 is 0 Å². The van der Waals surface area contributed by atoms with E-state index < -0.39 is 0 Å². The van der Waals surface area contributed by atoms with E-state index in [1.165, 1.54) is 18.9 Å². The molecule has 2 rings (SSSR count). The third-order valence-electron chi connectivity index (χ3n) is 3.68. The number of benzene rings is 1. The van der Waals surface area contributed by atoms with Gasteiger partial charge in [0.2, 0.25) is 0 Å². The largest absolute Gasteiger partial charge is 0.508 e. The topological polar surface area (TPSA) is 26.7 Å². The van der Waals surface area contributed by atoms with Gasteiger partial charge in [0.1, 0.15) is 11.6 Å². The Labute approximate surface area is 114 Å². The highest BCUT2D eigenvalue weighted by molar-refractivity contribution is 5.28. The van der Waals surface area contributed by atoms with Crippen molar-refractivity contribution in [3.05, 3.63) is 29.6 Å². The maximum absolute atomic E-state index is 13.2. The summed E-state index contributed by atoms with van der Waals surface area (Å²) in [5.74, 6) is 0.419. The van der Waals surface area contributed by atoms with Crippen LogP contribution in [0.4, 0.5) is 4.39 Å². The first kappa shape index (κ1) is 14.3. The van der Waals surface area contributed by atoms with Gasteiger partial charge in [-0.3, -0.25) is 4.90 Å². The van der Waals surface area contributed by atoms with Gasteiger partial charge < -0.3 is 10.0 Å². The molecule has 0 atom stereocenters. The number of likely N-dealkylation sites (tertiary alicyclic amines) is 1. The Hall–Kier alpha value is -1.13. The van der Waals surface area contributed by atoms with Gasteiger partial charge in [-0.15, -0.1) is 0 Å². The average molecular weight is 266 g/mol. The van der Waals surface area contributed by atoms with Crippen molar-refractivity contribution in [1.82, 2.24) is 9.80 Å². The first-order valence-corrected chi connectivity index (χ1v) is 6.88. The van der Waals surface area contributed by atoms with Crippen LogP contribution < -0.4 is 0 Å². The van der Waals surface area contributed by atoms with E-state index in [0.29, 0.717) is 0 Å². The number of hydrogen-bond donors (Lipinski definition) is 1. The van der Waals surface area contributed by atoms with Crippen molar-refractivity contribution in [2.75, 3.05) is 33.7 Å². The molecule has 0 amide bonds. The van der Waals surface area contributed by atoms with E-state index in [4.69, 9.17) is 0 Å². The fourth-order valence-corrected chi connectivity index (χ4v) is 2.83. The van der Waals surface area contributed by atoms with Crippen LogP contribution in [0.5, 0.6) is 5.75 Å². The van der Waals surface area contributed by atoms with E-state index in [1.54, 1.807) is 6.07 Å². The quantitative estimate of drug-likeness (QED) is 0.906. The molecule has 0 aliphatic carbocycles. The molecule has 4 heteroatoms. The highest BCUT2D eigenvalue weighted by Crippen LogP contribution is 2.21. The summed E-state index contributed by atoms with van der Waals surface area (Å²) in [6.07, 6.45) is 2.39. The van der Waals surface area contributed by atoms with Crippen LogP contribution in [0.2, 0.25) is 0 Å². The molecule has 1 saturated heterocycles. The second-order valence-electron chi connectivity index (χ2n) is 5.80. The molecule has 19 heavy (non-hydrogen) atoms. The second kappa shape index (κ2) is 6.35. The molecule has 1 aliphatic rings. The zero-order chi connectivity index (χ0) is 13.8. The van der Waals surface area contributed by atoms with Gasteiger partial charge >= 0.3 is 0 Å². The van der Waals surface area contributed by atoms with Crippen molar-refractivity contribution in [1.29, 1.82) is 0 Å². The van der Waals surface area contributed by atoms with Crippen molar-refractivity contribution >= 4 is 0 Å². The molecular weight excluding hydrogens is 243 g/mol. The minimum atomic E-state index is -0.363. The molecule has 1 heterocycles. The molecule has 1 fully saturated rings. The van der Waals surface area contributed by atoms with Gasteiger partial charge in [-0.05, 0) is 63.6 Å². The number of piperidine rings is 1. The van der Waals surface area contributed by atoms with Gasteiger partial charge in [0.05, 0.1) is 0 Å². The minimum Gasteiger partial charge on any atom is -0.508 e.